The van der Waals surface area contributed by atoms with Gasteiger partial charge in [-0.3, -0.25) is 9.80 Å². The highest BCUT2D eigenvalue weighted by atomic mass is 16.2. The summed E-state index contributed by atoms with van der Waals surface area (Å²) in [6.07, 6.45) is 1.47. The molecule has 0 rings (SSSR count). The van der Waals surface area contributed by atoms with Crippen LogP contribution < -0.4 is 5.84 Å². The lowest BCUT2D eigenvalue weighted by Crippen LogP contribution is -2.38. The molecule has 0 aliphatic rings. The van der Waals surface area contributed by atoms with E-state index in [2.05, 4.69) is 0 Å². The number of amides is 1. The molecular weight excluding hydrogens is 140 g/mol. The number of nitrogens with zero attached hydrogens (tertiary/aromatic N) is 1. The minimum absolute atomic E-state index is 0.0434. The number of nitrogens with two attached hydrogens (primary N) is 1. The molecule has 3 nitrogen and oxygen atoms in total. The Morgan fingerprint density at radius 2 is 2.09 bits per heavy atom. The Balaban J connectivity index is 3.64. The van der Waals surface area contributed by atoms with Gasteiger partial charge in [-0.15, -0.1) is 0 Å². The van der Waals surface area contributed by atoms with Crippen molar-refractivity contribution in [2.45, 2.75) is 33.6 Å². The van der Waals surface area contributed by atoms with Crippen molar-refractivity contribution in [3.05, 3.63) is 0 Å². The van der Waals surface area contributed by atoms with Gasteiger partial charge in [0.05, 0.1) is 0 Å². The van der Waals surface area contributed by atoms with Crippen LogP contribution in [0.25, 0.3) is 0 Å². The van der Waals surface area contributed by atoms with E-state index in [4.69, 9.17) is 5.84 Å². The van der Waals surface area contributed by atoms with Crippen LogP contribution in [0.4, 0.5) is 0 Å². The molecule has 0 aromatic rings. The van der Waals surface area contributed by atoms with Gasteiger partial charge in [0.1, 0.15) is 0 Å². The summed E-state index contributed by atoms with van der Waals surface area (Å²) in [4.78, 5) is 11.1. The molecule has 0 heterocycles. The fourth-order valence-electron chi connectivity index (χ4n) is 0.832. The minimum atomic E-state index is 0.0434. The van der Waals surface area contributed by atoms with E-state index in [0.717, 1.165) is 6.42 Å². The second-order valence-electron chi connectivity index (χ2n) is 3.19. The fraction of sp³-hybridized carbons (Fsp3) is 0.875. The zero-order valence-electron chi connectivity index (χ0n) is 7.63. The lowest BCUT2D eigenvalue weighted by molar-refractivity contribution is -0.132. The maximum Gasteiger partial charge on any atom is 0.236 e. The first kappa shape index (κ1) is 10.4. The summed E-state index contributed by atoms with van der Waals surface area (Å²) in [5, 5.41) is 1.31. The molecule has 0 unspecified atom stereocenters. The molecule has 0 bridgehead atoms. The summed E-state index contributed by atoms with van der Waals surface area (Å²) in [6, 6.07) is 0. The molecule has 0 atom stereocenters. The van der Waals surface area contributed by atoms with E-state index in [1.54, 1.807) is 0 Å². The molecule has 2 N–H and O–H groups in total. The molecule has 66 valence electrons. The Labute approximate surface area is 68.5 Å². The maximum absolute atomic E-state index is 11.1. The van der Waals surface area contributed by atoms with Crippen LogP contribution in [0.2, 0.25) is 0 Å². The van der Waals surface area contributed by atoms with E-state index < -0.39 is 0 Å². The molecule has 11 heavy (non-hydrogen) atoms. The van der Waals surface area contributed by atoms with Crippen LogP contribution in [0, 0.1) is 5.92 Å². The van der Waals surface area contributed by atoms with Crippen molar-refractivity contribution in [1.82, 2.24) is 5.01 Å². The van der Waals surface area contributed by atoms with Gasteiger partial charge in [0.2, 0.25) is 5.91 Å². The summed E-state index contributed by atoms with van der Waals surface area (Å²) in [7, 11) is 0. The summed E-state index contributed by atoms with van der Waals surface area (Å²) >= 11 is 0. The highest BCUT2D eigenvalue weighted by Gasteiger charge is 2.09. The number of hydrogen-bond donors (Lipinski definition) is 1. The van der Waals surface area contributed by atoms with Crippen LogP contribution >= 0.6 is 0 Å². The van der Waals surface area contributed by atoms with Gasteiger partial charge in [0.25, 0.3) is 0 Å². The van der Waals surface area contributed by atoms with Gasteiger partial charge < -0.3 is 0 Å². The van der Waals surface area contributed by atoms with Gasteiger partial charge in [0, 0.05) is 13.0 Å². The Kier molecular flexibility index (Phi) is 4.86. The van der Waals surface area contributed by atoms with Crippen LogP contribution in [-0.4, -0.2) is 17.5 Å². The maximum atomic E-state index is 11.1. The number of rotatable bonds is 4. The highest BCUT2D eigenvalue weighted by Crippen LogP contribution is 2.01. The molecule has 3 heteroatoms. The second-order valence-corrected chi connectivity index (χ2v) is 3.19. The zero-order chi connectivity index (χ0) is 8.85. The summed E-state index contributed by atoms with van der Waals surface area (Å²) < 4.78 is 0. The number of carbonyl (C=O) groups excluding carboxylic acids is 1. The van der Waals surface area contributed by atoms with Crippen molar-refractivity contribution in [1.29, 1.82) is 0 Å². The van der Waals surface area contributed by atoms with Gasteiger partial charge in [-0.25, -0.2) is 5.84 Å². The lowest BCUT2D eigenvalue weighted by atomic mass is 10.1. The van der Waals surface area contributed by atoms with Crippen LogP contribution in [0.3, 0.4) is 0 Å². The first-order valence-electron chi connectivity index (χ1n) is 4.13. The van der Waals surface area contributed by atoms with Crippen molar-refractivity contribution in [3.63, 3.8) is 0 Å². The summed E-state index contributed by atoms with van der Waals surface area (Å²) in [5.74, 6) is 5.90. The molecule has 0 aromatic heterocycles. The van der Waals surface area contributed by atoms with Gasteiger partial charge in [0.15, 0.2) is 0 Å². The molecule has 0 saturated heterocycles. The Bertz CT molecular complexity index is 123. The molecule has 0 spiro atoms. The number of carbonyl (C=O) groups is 1. The quantitative estimate of drug-likeness (QED) is 0.379. The van der Waals surface area contributed by atoms with Crippen molar-refractivity contribution < 1.29 is 4.79 Å². The van der Waals surface area contributed by atoms with Crippen molar-refractivity contribution in [2.75, 3.05) is 6.54 Å². The first-order valence-corrected chi connectivity index (χ1v) is 4.13. The van der Waals surface area contributed by atoms with Gasteiger partial charge in [-0.05, 0) is 12.3 Å². The number of hydrazine groups is 1. The van der Waals surface area contributed by atoms with Crippen molar-refractivity contribution >= 4 is 5.91 Å². The fourth-order valence-corrected chi connectivity index (χ4v) is 0.832. The topological polar surface area (TPSA) is 46.3 Å². The van der Waals surface area contributed by atoms with E-state index in [1.807, 2.05) is 20.8 Å². The van der Waals surface area contributed by atoms with Gasteiger partial charge in [-0.1, -0.05) is 20.8 Å². The van der Waals surface area contributed by atoms with Crippen LogP contribution in [-0.2, 0) is 4.79 Å². The second kappa shape index (κ2) is 5.13. The predicted octanol–water partition coefficient (Wildman–Crippen LogP) is 1.14. The first-order chi connectivity index (χ1) is 5.07. The predicted molar refractivity (Wildman–Crippen MR) is 45.6 cm³/mol. The Hall–Kier alpha value is -0.570. The third-order valence-corrected chi connectivity index (χ3v) is 1.37. The normalized spacial score (nSPS) is 10.3. The van der Waals surface area contributed by atoms with Crippen LogP contribution in [0.1, 0.15) is 33.6 Å². The lowest BCUT2D eigenvalue weighted by Gasteiger charge is -2.16. The molecular formula is C8H18N2O. The molecule has 1 amide bonds. The average Bonchev–Trinajstić information content (AvgIpc) is 1.86. The van der Waals surface area contributed by atoms with Gasteiger partial charge in [-0.2, -0.15) is 0 Å². The smallest absolute Gasteiger partial charge is 0.236 e. The van der Waals surface area contributed by atoms with Crippen molar-refractivity contribution in [3.8, 4) is 0 Å². The SMILES string of the molecule is CCCN(N)C(=O)CC(C)C. The van der Waals surface area contributed by atoms with Crippen molar-refractivity contribution in [2.24, 2.45) is 11.8 Å². The summed E-state index contributed by atoms with van der Waals surface area (Å²) in [6.45, 7) is 6.68. The third kappa shape index (κ3) is 4.79. The molecule has 0 aliphatic carbocycles. The van der Waals surface area contributed by atoms with E-state index in [0.29, 0.717) is 18.9 Å². The zero-order valence-corrected chi connectivity index (χ0v) is 7.63. The molecule has 0 fully saturated rings. The largest absolute Gasteiger partial charge is 0.281 e. The van der Waals surface area contributed by atoms with E-state index in [1.165, 1.54) is 5.01 Å². The van der Waals surface area contributed by atoms with E-state index in [9.17, 15) is 4.79 Å². The third-order valence-electron chi connectivity index (χ3n) is 1.37. The van der Waals surface area contributed by atoms with Crippen LogP contribution in [0.5, 0.6) is 0 Å². The minimum Gasteiger partial charge on any atom is -0.281 e. The number of hydrogen-bond acceptors (Lipinski definition) is 2. The molecule has 0 saturated carbocycles. The molecule has 0 aliphatic heterocycles. The Morgan fingerprint density at radius 1 is 1.55 bits per heavy atom. The van der Waals surface area contributed by atoms with Crippen LogP contribution in [0.15, 0.2) is 0 Å². The average molecular weight is 158 g/mol. The van der Waals surface area contributed by atoms with E-state index in [-0.39, 0.29) is 5.91 Å². The Morgan fingerprint density at radius 3 is 2.45 bits per heavy atom. The molecule has 0 aromatic carbocycles. The standard InChI is InChI=1S/C8H18N2O/c1-4-5-10(9)8(11)6-7(2)3/h7H,4-6,9H2,1-3H3. The monoisotopic (exact) mass is 158 g/mol. The highest BCUT2D eigenvalue weighted by molar-refractivity contribution is 5.75. The van der Waals surface area contributed by atoms with Gasteiger partial charge >= 0.3 is 0 Å². The van der Waals surface area contributed by atoms with E-state index >= 15 is 0 Å². The molecule has 0 radical (unpaired) electrons. The summed E-state index contributed by atoms with van der Waals surface area (Å²) in [5.41, 5.74) is 0.